The Balaban J connectivity index is 0.000000234. The Morgan fingerprint density at radius 1 is 1.45 bits per heavy atom. The largest absolute Gasteiger partial charge is 0.481 e. The standard InChI is InChI=1S/C10H7F2N3O2S.C8H15NO2/c1-17-10-3-7(8(11)4-13-10)9-2-6(5-16)14-15(9)18-12;1-6-5-7(8(10)11)3-4-9(6)2/h2-5H,1H3;6-7H,3-5H2,1-2H3,(H,10,11). The van der Waals surface area contributed by atoms with Crippen molar-refractivity contribution in [1.29, 1.82) is 0 Å². The van der Waals surface area contributed by atoms with Crippen LogP contribution in [0.3, 0.4) is 0 Å². The number of rotatable bonds is 5. The molecule has 2 atom stereocenters. The van der Waals surface area contributed by atoms with Gasteiger partial charge >= 0.3 is 5.97 Å². The number of aldehydes is 1. The summed E-state index contributed by atoms with van der Waals surface area (Å²) in [6, 6.07) is 3.00. The van der Waals surface area contributed by atoms with Crippen molar-refractivity contribution in [3.05, 3.63) is 29.8 Å². The number of carboxylic acids is 1. The van der Waals surface area contributed by atoms with Crippen LogP contribution in [0.5, 0.6) is 5.88 Å². The first-order valence-corrected chi connectivity index (χ1v) is 9.45. The molecule has 11 heteroatoms. The topological polar surface area (TPSA) is 97.5 Å². The molecule has 2 aromatic heterocycles. The average molecular weight is 428 g/mol. The van der Waals surface area contributed by atoms with Crippen molar-refractivity contribution in [2.75, 3.05) is 20.7 Å². The number of hydrogen-bond donors (Lipinski definition) is 1. The van der Waals surface area contributed by atoms with Gasteiger partial charge in [-0.1, -0.05) is 0 Å². The molecule has 1 aliphatic rings. The number of carboxylic acid groups (broad SMARTS) is 1. The van der Waals surface area contributed by atoms with Gasteiger partial charge in [-0.05, 0) is 39.4 Å². The molecule has 8 nitrogen and oxygen atoms in total. The van der Waals surface area contributed by atoms with Gasteiger partial charge in [-0.15, -0.1) is 3.89 Å². The maximum absolute atomic E-state index is 13.6. The molecule has 0 bridgehead atoms. The third-order valence-electron chi connectivity index (χ3n) is 4.76. The summed E-state index contributed by atoms with van der Waals surface area (Å²) in [5, 5.41) is 12.4. The lowest BCUT2D eigenvalue weighted by Crippen LogP contribution is -2.39. The van der Waals surface area contributed by atoms with E-state index in [9.17, 15) is 17.9 Å². The molecule has 2 aromatic rings. The summed E-state index contributed by atoms with van der Waals surface area (Å²) < 4.78 is 32.0. The van der Waals surface area contributed by atoms with Crippen LogP contribution in [0.1, 0.15) is 30.3 Å². The highest BCUT2D eigenvalue weighted by Gasteiger charge is 2.27. The second kappa shape index (κ2) is 10.3. The number of methoxy groups -OCH3 is 1. The van der Waals surface area contributed by atoms with Gasteiger partial charge in [-0.2, -0.15) is 9.19 Å². The van der Waals surface area contributed by atoms with Gasteiger partial charge in [0.1, 0.15) is 5.69 Å². The van der Waals surface area contributed by atoms with Crippen molar-refractivity contribution in [2.45, 2.75) is 25.8 Å². The second-order valence-corrected chi connectivity index (χ2v) is 7.09. The van der Waals surface area contributed by atoms with Crippen LogP contribution in [-0.4, -0.2) is 63.2 Å². The Morgan fingerprint density at radius 3 is 2.72 bits per heavy atom. The Kier molecular flexibility index (Phi) is 8.09. The fourth-order valence-corrected chi connectivity index (χ4v) is 3.27. The van der Waals surface area contributed by atoms with Crippen LogP contribution in [0, 0.1) is 11.7 Å². The van der Waals surface area contributed by atoms with Crippen LogP contribution in [0.15, 0.2) is 18.3 Å². The maximum Gasteiger partial charge on any atom is 0.306 e. The van der Waals surface area contributed by atoms with E-state index in [1.807, 2.05) is 7.05 Å². The van der Waals surface area contributed by atoms with E-state index in [0.29, 0.717) is 12.3 Å². The first-order chi connectivity index (χ1) is 13.8. The molecule has 0 saturated carbocycles. The molecule has 0 aromatic carbocycles. The van der Waals surface area contributed by atoms with Gasteiger partial charge in [-0.25, -0.2) is 9.37 Å². The molecule has 0 aliphatic carbocycles. The molecule has 0 spiro atoms. The number of nitrogens with zero attached hydrogens (tertiary/aromatic N) is 4. The van der Waals surface area contributed by atoms with Crippen LogP contribution >= 0.6 is 12.3 Å². The normalized spacial score (nSPS) is 19.2. The zero-order chi connectivity index (χ0) is 21.6. The Morgan fingerprint density at radius 2 is 2.17 bits per heavy atom. The lowest BCUT2D eigenvalue weighted by molar-refractivity contribution is -0.143. The molecule has 3 rings (SSSR count). The SMILES string of the molecule is CC1CC(C(=O)O)CCN1C.COc1cc(-c2cc(C=O)nn2SF)c(F)cn1. The number of aromatic nitrogens is 3. The molecule has 2 unspecified atom stereocenters. The number of piperidine rings is 1. The van der Waals surface area contributed by atoms with E-state index >= 15 is 0 Å². The maximum atomic E-state index is 13.6. The molecule has 0 amide bonds. The molecule has 158 valence electrons. The molecular weight excluding hydrogens is 406 g/mol. The van der Waals surface area contributed by atoms with Crippen LogP contribution in [0.4, 0.5) is 8.28 Å². The van der Waals surface area contributed by atoms with Crippen molar-refractivity contribution in [3.63, 3.8) is 0 Å². The minimum atomic E-state index is -0.663. The summed E-state index contributed by atoms with van der Waals surface area (Å²) in [6.07, 6.45) is 3.00. The monoisotopic (exact) mass is 428 g/mol. The van der Waals surface area contributed by atoms with Gasteiger partial charge in [0, 0.05) is 17.7 Å². The van der Waals surface area contributed by atoms with Gasteiger partial charge < -0.3 is 14.7 Å². The van der Waals surface area contributed by atoms with Crippen molar-refractivity contribution in [2.24, 2.45) is 5.92 Å². The summed E-state index contributed by atoms with van der Waals surface area (Å²) in [5.74, 6) is -1.23. The zero-order valence-electron chi connectivity index (χ0n) is 16.2. The summed E-state index contributed by atoms with van der Waals surface area (Å²) in [6.45, 7) is 2.99. The van der Waals surface area contributed by atoms with Crippen molar-refractivity contribution in [3.8, 4) is 17.1 Å². The van der Waals surface area contributed by atoms with E-state index in [1.54, 1.807) is 0 Å². The predicted molar refractivity (Wildman–Crippen MR) is 104 cm³/mol. The molecule has 1 N–H and O–H groups in total. The molecular formula is C18H22F2N4O4S. The van der Waals surface area contributed by atoms with E-state index in [0.717, 1.165) is 29.7 Å². The first kappa shape index (κ1) is 22.8. The first-order valence-electron chi connectivity index (χ1n) is 8.78. The average Bonchev–Trinajstić information content (AvgIpc) is 3.14. The minimum absolute atomic E-state index is 0.00493. The Labute approximate surface area is 171 Å². The highest BCUT2D eigenvalue weighted by molar-refractivity contribution is 7.92. The minimum Gasteiger partial charge on any atom is -0.481 e. The van der Waals surface area contributed by atoms with Gasteiger partial charge in [0.25, 0.3) is 0 Å². The van der Waals surface area contributed by atoms with Gasteiger partial charge in [0.05, 0.1) is 24.9 Å². The highest BCUT2D eigenvalue weighted by atomic mass is 32.2. The second-order valence-electron chi connectivity index (χ2n) is 6.61. The third kappa shape index (κ3) is 5.73. The lowest BCUT2D eigenvalue weighted by Gasteiger charge is -2.32. The summed E-state index contributed by atoms with van der Waals surface area (Å²) in [7, 11) is 3.42. The lowest BCUT2D eigenvalue weighted by atomic mass is 9.92. The predicted octanol–water partition coefficient (Wildman–Crippen LogP) is 3.09. The fraction of sp³-hybridized carbons (Fsp3) is 0.444. The molecule has 1 fully saturated rings. The molecule has 3 heterocycles. The molecule has 1 aliphatic heterocycles. The number of carbonyl (C=O) groups excluding carboxylic acids is 1. The Bertz CT molecular complexity index is 864. The molecule has 1 saturated heterocycles. The van der Waals surface area contributed by atoms with Crippen LogP contribution in [0.2, 0.25) is 0 Å². The quantitative estimate of drug-likeness (QED) is 0.726. The van der Waals surface area contributed by atoms with Crippen molar-refractivity contribution < 1.29 is 27.7 Å². The number of halogens is 2. The van der Waals surface area contributed by atoms with Gasteiger partial charge in [0.15, 0.2) is 24.4 Å². The number of carbonyl (C=O) groups is 2. The van der Waals surface area contributed by atoms with Crippen LogP contribution in [-0.2, 0) is 4.79 Å². The zero-order valence-corrected chi connectivity index (χ0v) is 17.0. The number of hydrogen-bond acceptors (Lipinski definition) is 7. The number of ether oxygens (including phenoxy) is 1. The third-order valence-corrected chi connectivity index (χ3v) is 5.17. The van der Waals surface area contributed by atoms with E-state index in [4.69, 9.17) is 9.84 Å². The van der Waals surface area contributed by atoms with Crippen molar-refractivity contribution >= 4 is 24.6 Å². The fourth-order valence-electron chi connectivity index (χ4n) is 2.92. The van der Waals surface area contributed by atoms with E-state index in [2.05, 4.69) is 21.9 Å². The molecule has 29 heavy (non-hydrogen) atoms. The van der Waals surface area contributed by atoms with Crippen LogP contribution < -0.4 is 4.74 Å². The van der Waals surface area contributed by atoms with E-state index in [1.165, 1.54) is 19.2 Å². The summed E-state index contributed by atoms with van der Waals surface area (Å²) >= 11 is -0.233. The Hall–Kier alpha value is -2.53. The number of pyridine rings is 1. The van der Waals surface area contributed by atoms with Crippen LogP contribution in [0.25, 0.3) is 11.3 Å². The van der Waals surface area contributed by atoms with Crippen molar-refractivity contribution in [1.82, 2.24) is 19.1 Å². The molecule has 0 radical (unpaired) electrons. The van der Waals surface area contributed by atoms with E-state index < -0.39 is 11.8 Å². The van der Waals surface area contributed by atoms with Gasteiger partial charge in [-0.3, -0.25) is 9.59 Å². The highest BCUT2D eigenvalue weighted by Crippen LogP contribution is 2.28. The smallest absolute Gasteiger partial charge is 0.306 e. The summed E-state index contributed by atoms with van der Waals surface area (Å²) in [4.78, 5) is 27.1. The summed E-state index contributed by atoms with van der Waals surface area (Å²) in [5.41, 5.74) is 0.167. The number of aliphatic carboxylic acids is 1. The van der Waals surface area contributed by atoms with E-state index in [-0.39, 0.29) is 41.1 Å². The van der Waals surface area contributed by atoms with Gasteiger partial charge in [0.2, 0.25) is 5.88 Å². The number of likely N-dealkylation sites (tertiary alicyclic amines) is 1.